The maximum atomic E-state index is 12.7. The summed E-state index contributed by atoms with van der Waals surface area (Å²) < 4.78 is 23.2. The summed E-state index contributed by atoms with van der Waals surface area (Å²) in [6, 6.07) is 24.1. The van der Waals surface area contributed by atoms with Crippen LogP contribution in [0.15, 0.2) is 90.0 Å². The van der Waals surface area contributed by atoms with Crippen molar-refractivity contribution in [3.05, 3.63) is 102 Å². The fourth-order valence-corrected chi connectivity index (χ4v) is 4.26. The van der Waals surface area contributed by atoms with Crippen LogP contribution in [0.2, 0.25) is 0 Å². The van der Waals surface area contributed by atoms with Gasteiger partial charge in [0.15, 0.2) is 9.84 Å². The van der Waals surface area contributed by atoms with Crippen LogP contribution in [0.25, 0.3) is 10.9 Å². The van der Waals surface area contributed by atoms with Crippen molar-refractivity contribution in [3.63, 3.8) is 0 Å². The highest BCUT2D eigenvalue weighted by atomic mass is 32.2. The second-order valence-corrected chi connectivity index (χ2v) is 9.28. The molecule has 0 aliphatic carbocycles. The molecule has 0 spiro atoms. The Morgan fingerprint density at radius 2 is 1.60 bits per heavy atom. The Morgan fingerprint density at radius 3 is 2.30 bits per heavy atom. The fraction of sp³-hybridized carbons (Fsp3) is 0.125. The van der Waals surface area contributed by atoms with Crippen molar-refractivity contribution >= 4 is 26.6 Å². The Labute approximate surface area is 175 Å². The van der Waals surface area contributed by atoms with Gasteiger partial charge in [-0.2, -0.15) is 0 Å². The summed E-state index contributed by atoms with van der Waals surface area (Å²) in [4.78, 5) is 16.2. The summed E-state index contributed by atoms with van der Waals surface area (Å²) in [7, 11) is -3.29. The van der Waals surface area contributed by atoms with Crippen LogP contribution >= 0.6 is 0 Å². The first-order valence-corrected chi connectivity index (χ1v) is 11.5. The minimum atomic E-state index is -3.29. The summed E-state index contributed by atoms with van der Waals surface area (Å²) in [6.07, 6.45) is 3.14. The Kier molecular flexibility index (Phi) is 5.42. The molecule has 0 saturated heterocycles. The number of benzene rings is 3. The number of rotatable bonds is 6. The molecule has 5 nitrogen and oxygen atoms in total. The highest BCUT2D eigenvalue weighted by Gasteiger charge is 2.19. The third kappa shape index (κ3) is 4.14. The second-order valence-electron chi connectivity index (χ2n) is 7.26. The molecule has 4 rings (SSSR count). The van der Waals surface area contributed by atoms with Crippen LogP contribution in [-0.2, 0) is 9.84 Å². The highest BCUT2D eigenvalue weighted by molar-refractivity contribution is 7.90. The van der Waals surface area contributed by atoms with Gasteiger partial charge in [-0.15, -0.1) is 0 Å². The Balaban J connectivity index is 1.59. The van der Waals surface area contributed by atoms with E-state index in [1.807, 2.05) is 42.6 Å². The van der Waals surface area contributed by atoms with Gasteiger partial charge in [0.1, 0.15) is 0 Å². The van der Waals surface area contributed by atoms with Gasteiger partial charge in [0, 0.05) is 41.4 Å². The molecule has 0 radical (unpaired) electrons. The molecular weight excluding hydrogens is 396 g/mol. The Morgan fingerprint density at radius 1 is 0.933 bits per heavy atom. The van der Waals surface area contributed by atoms with E-state index in [0.717, 1.165) is 28.3 Å². The van der Waals surface area contributed by atoms with Crippen molar-refractivity contribution in [3.8, 4) is 0 Å². The Bertz CT molecular complexity index is 1280. The zero-order valence-electron chi connectivity index (χ0n) is 16.5. The lowest BCUT2D eigenvalue weighted by molar-refractivity contribution is 0.0952. The van der Waals surface area contributed by atoms with Gasteiger partial charge in [0.05, 0.1) is 4.90 Å². The summed E-state index contributed by atoms with van der Waals surface area (Å²) >= 11 is 0. The molecular formula is C24H22N2O3S. The van der Waals surface area contributed by atoms with Gasteiger partial charge in [0.2, 0.25) is 0 Å². The predicted molar refractivity (Wildman–Crippen MR) is 118 cm³/mol. The maximum absolute atomic E-state index is 12.7. The van der Waals surface area contributed by atoms with Crippen molar-refractivity contribution < 1.29 is 13.2 Å². The lowest BCUT2D eigenvalue weighted by Crippen LogP contribution is -2.28. The molecule has 3 aromatic carbocycles. The largest absolute Gasteiger partial charge is 0.361 e. The first-order chi connectivity index (χ1) is 14.4. The molecule has 0 aliphatic heterocycles. The number of amides is 1. The van der Waals surface area contributed by atoms with E-state index in [4.69, 9.17) is 0 Å². The zero-order valence-corrected chi connectivity index (χ0v) is 17.3. The van der Waals surface area contributed by atoms with Crippen LogP contribution in [-0.4, -0.2) is 32.1 Å². The van der Waals surface area contributed by atoms with Crippen molar-refractivity contribution in [1.29, 1.82) is 0 Å². The van der Waals surface area contributed by atoms with Gasteiger partial charge in [-0.25, -0.2) is 8.42 Å². The van der Waals surface area contributed by atoms with E-state index in [2.05, 4.69) is 28.5 Å². The van der Waals surface area contributed by atoms with Crippen LogP contribution in [0.3, 0.4) is 0 Å². The van der Waals surface area contributed by atoms with Gasteiger partial charge in [-0.05, 0) is 41.5 Å². The maximum Gasteiger partial charge on any atom is 0.251 e. The van der Waals surface area contributed by atoms with Crippen LogP contribution in [0.5, 0.6) is 0 Å². The highest BCUT2D eigenvalue weighted by Crippen LogP contribution is 2.30. The molecule has 0 bridgehead atoms. The quantitative estimate of drug-likeness (QED) is 0.494. The summed E-state index contributed by atoms with van der Waals surface area (Å²) in [5.74, 6) is -0.266. The standard InChI is InChI=1S/C24H22N2O3S/c1-30(28,29)19-13-11-18(12-14-19)24(27)26-15-21(17-7-3-2-4-8-17)22-16-25-23-10-6-5-9-20(22)23/h2-14,16,21,25H,15H2,1H3,(H,26,27). The van der Waals surface area contributed by atoms with Crippen molar-refractivity contribution in [2.45, 2.75) is 10.8 Å². The van der Waals surface area contributed by atoms with Gasteiger partial charge >= 0.3 is 0 Å². The first kappa shape index (κ1) is 19.9. The van der Waals surface area contributed by atoms with Gasteiger partial charge in [-0.3, -0.25) is 4.79 Å². The lowest BCUT2D eigenvalue weighted by atomic mass is 9.91. The number of hydrogen-bond donors (Lipinski definition) is 2. The molecule has 1 heterocycles. The number of carbonyl (C=O) groups is 1. The average Bonchev–Trinajstić information content (AvgIpc) is 3.18. The topological polar surface area (TPSA) is 79.0 Å². The number of carbonyl (C=O) groups excluding carboxylic acids is 1. The average molecular weight is 419 g/mol. The molecule has 30 heavy (non-hydrogen) atoms. The number of fused-ring (bicyclic) bond motifs is 1. The number of para-hydroxylation sites is 1. The number of hydrogen-bond acceptors (Lipinski definition) is 3. The summed E-state index contributed by atoms with van der Waals surface area (Å²) in [5.41, 5.74) is 3.70. The first-order valence-electron chi connectivity index (χ1n) is 9.63. The SMILES string of the molecule is CS(=O)(=O)c1ccc(C(=O)NCC(c2ccccc2)c2c[nH]c3ccccc23)cc1. The van der Waals surface area contributed by atoms with E-state index >= 15 is 0 Å². The molecule has 152 valence electrons. The number of sulfone groups is 1. The smallest absolute Gasteiger partial charge is 0.251 e. The molecule has 0 fully saturated rings. The van der Waals surface area contributed by atoms with Crippen molar-refractivity contribution in [2.24, 2.45) is 0 Å². The van der Waals surface area contributed by atoms with Crippen LogP contribution in [0.4, 0.5) is 0 Å². The van der Waals surface area contributed by atoms with Crippen LogP contribution in [0, 0.1) is 0 Å². The number of H-pyrrole nitrogens is 1. The fourth-order valence-electron chi connectivity index (χ4n) is 3.63. The number of nitrogens with one attached hydrogen (secondary N) is 2. The van der Waals surface area contributed by atoms with E-state index in [0.29, 0.717) is 12.1 Å². The molecule has 6 heteroatoms. The molecule has 1 amide bonds. The van der Waals surface area contributed by atoms with E-state index < -0.39 is 9.84 Å². The van der Waals surface area contributed by atoms with E-state index in [9.17, 15) is 13.2 Å². The molecule has 0 aliphatic rings. The van der Waals surface area contributed by atoms with E-state index in [1.165, 1.54) is 24.3 Å². The molecule has 4 aromatic rings. The monoisotopic (exact) mass is 418 g/mol. The van der Waals surface area contributed by atoms with Gasteiger partial charge in [0.25, 0.3) is 5.91 Å². The minimum absolute atomic E-state index is 0.0263. The Hall–Kier alpha value is -3.38. The third-order valence-corrected chi connectivity index (χ3v) is 6.34. The molecule has 1 unspecified atom stereocenters. The van der Waals surface area contributed by atoms with Crippen LogP contribution in [0.1, 0.15) is 27.4 Å². The summed E-state index contributed by atoms with van der Waals surface area (Å²) in [5, 5.41) is 4.13. The van der Waals surface area contributed by atoms with Crippen molar-refractivity contribution in [2.75, 3.05) is 12.8 Å². The number of aromatic nitrogens is 1. The normalized spacial score (nSPS) is 12.6. The molecule has 0 saturated carbocycles. The van der Waals surface area contributed by atoms with Crippen molar-refractivity contribution in [1.82, 2.24) is 10.3 Å². The molecule has 1 aromatic heterocycles. The lowest BCUT2D eigenvalue weighted by Gasteiger charge is -2.18. The molecule has 2 N–H and O–H groups in total. The molecule has 1 atom stereocenters. The van der Waals surface area contributed by atoms with Crippen LogP contribution < -0.4 is 5.32 Å². The predicted octanol–water partition coefficient (Wildman–Crippen LogP) is 4.13. The van der Waals surface area contributed by atoms with Gasteiger partial charge < -0.3 is 10.3 Å². The zero-order chi connectivity index (χ0) is 21.1. The van der Waals surface area contributed by atoms with Gasteiger partial charge in [-0.1, -0.05) is 48.5 Å². The second kappa shape index (κ2) is 8.16. The third-order valence-electron chi connectivity index (χ3n) is 5.21. The minimum Gasteiger partial charge on any atom is -0.361 e. The van der Waals surface area contributed by atoms with E-state index in [1.54, 1.807) is 0 Å². The summed E-state index contributed by atoms with van der Waals surface area (Å²) in [6.45, 7) is 0.415. The van der Waals surface area contributed by atoms with E-state index in [-0.39, 0.29) is 16.7 Å². The number of aromatic amines is 1.